The fourth-order valence-electron chi connectivity index (χ4n) is 2.02. The Morgan fingerprint density at radius 1 is 1.44 bits per heavy atom. The number of hydrogen-bond acceptors (Lipinski definition) is 6. The van der Waals surface area contributed by atoms with Crippen molar-refractivity contribution < 1.29 is 8.42 Å². The summed E-state index contributed by atoms with van der Waals surface area (Å²) in [5, 5.41) is 2.72. The molecule has 0 aliphatic carbocycles. The highest BCUT2D eigenvalue weighted by Crippen LogP contribution is 2.24. The second-order valence-electron chi connectivity index (χ2n) is 4.17. The van der Waals surface area contributed by atoms with E-state index in [4.69, 9.17) is 5.73 Å². The number of fused-ring (bicyclic) bond motifs is 1. The molecule has 96 valence electrons. The summed E-state index contributed by atoms with van der Waals surface area (Å²) < 4.78 is 24.8. The highest BCUT2D eigenvalue weighted by atomic mass is 32.2. The molecule has 0 aromatic carbocycles. The summed E-state index contributed by atoms with van der Waals surface area (Å²) in [5.74, 6) is 1.09. The summed E-state index contributed by atoms with van der Waals surface area (Å²) in [6.07, 6.45) is 0.666. The van der Waals surface area contributed by atoms with E-state index in [0.717, 1.165) is 10.2 Å². The molecule has 8 heteroatoms. The molecular formula is C10H12N4O2S2. The van der Waals surface area contributed by atoms with Crippen LogP contribution in [0.3, 0.4) is 0 Å². The van der Waals surface area contributed by atoms with Crippen molar-refractivity contribution in [3.8, 4) is 0 Å². The molecule has 0 atom stereocenters. The molecule has 0 unspecified atom stereocenters. The Morgan fingerprint density at radius 3 is 3.00 bits per heavy atom. The summed E-state index contributed by atoms with van der Waals surface area (Å²) in [6.45, 7) is 0.744. The maximum Gasteiger partial charge on any atom is 0.214 e. The van der Waals surface area contributed by atoms with Crippen molar-refractivity contribution in [3.63, 3.8) is 0 Å². The van der Waals surface area contributed by atoms with Gasteiger partial charge in [0.2, 0.25) is 10.0 Å². The Labute approximate surface area is 109 Å². The van der Waals surface area contributed by atoms with Crippen LogP contribution >= 0.6 is 11.3 Å². The summed E-state index contributed by atoms with van der Waals surface area (Å²) in [5.41, 5.74) is 5.83. The van der Waals surface area contributed by atoms with E-state index < -0.39 is 10.0 Å². The summed E-state index contributed by atoms with van der Waals surface area (Å²) in [4.78, 5) is 9.32. The summed E-state index contributed by atoms with van der Waals surface area (Å²) >= 11 is 1.47. The van der Waals surface area contributed by atoms with Crippen molar-refractivity contribution in [2.75, 3.05) is 18.0 Å². The lowest BCUT2D eigenvalue weighted by Crippen LogP contribution is -2.26. The van der Waals surface area contributed by atoms with Gasteiger partial charge in [-0.05, 0) is 17.9 Å². The molecule has 3 rings (SSSR count). The van der Waals surface area contributed by atoms with Crippen LogP contribution in [-0.2, 0) is 16.6 Å². The number of aromatic nitrogens is 2. The van der Waals surface area contributed by atoms with Crippen LogP contribution in [0.25, 0.3) is 10.2 Å². The lowest BCUT2D eigenvalue weighted by molar-refractivity contribution is 0.430. The van der Waals surface area contributed by atoms with Crippen LogP contribution in [0.2, 0.25) is 0 Å². The minimum atomic E-state index is -3.12. The third-order valence-corrected chi connectivity index (χ3v) is 5.63. The molecule has 6 nitrogen and oxygen atoms in total. The molecule has 0 spiro atoms. The second kappa shape index (κ2) is 4.15. The van der Waals surface area contributed by atoms with E-state index in [0.29, 0.717) is 24.6 Å². The number of hydrogen-bond donors (Lipinski definition) is 1. The van der Waals surface area contributed by atoms with Crippen molar-refractivity contribution in [2.24, 2.45) is 0 Å². The summed E-state index contributed by atoms with van der Waals surface area (Å²) in [6, 6.07) is 1.87. The van der Waals surface area contributed by atoms with Crippen LogP contribution in [0.1, 0.15) is 12.2 Å². The molecule has 0 amide bonds. The van der Waals surface area contributed by atoms with Crippen molar-refractivity contribution >= 4 is 37.4 Å². The first kappa shape index (κ1) is 11.8. The topological polar surface area (TPSA) is 89.2 Å². The fraction of sp³-hybridized carbons (Fsp3) is 0.400. The van der Waals surface area contributed by atoms with Gasteiger partial charge >= 0.3 is 0 Å². The average molecular weight is 284 g/mol. The zero-order chi connectivity index (χ0) is 12.8. The molecule has 0 bridgehead atoms. The van der Waals surface area contributed by atoms with Gasteiger partial charge in [-0.1, -0.05) is 0 Å². The quantitative estimate of drug-likeness (QED) is 0.881. The maximum absolute atomic E-state index is 11.7. The van der Waals surface area contributed by atoms with E-state index in [-0.39, 0.29) is 12.3 Å². The lowest BCUT2D eigenvalue weighted by Gasteiger charge is -2.13. The first-order chi connectivity index (χ1) is 8.56. The van der Waals surface area contributed by atoms with Gasteiger partial charge in [-0.2, -0.15) is 4.31 Å². The highest BCUT2D eigenvalue weighted by molar-refractivity contribution is 7.89. The van der Waals surface area contributed by atoms with E-state index in [9.17, 15) is 8.42 Å². The van der Waals surface area contributed by atoms with Gasteiger partial charge in [0, 0.05) is 6.54 Å². The number of rotatable bonds is 2. The maximum atomic E-state index is 11.7. The minimum absolute atomic E-state index is 0.209. The van der Waals surface area contributed by atoms with Gasteiger partial charge < -0.3 is 5.73 Å². The second-order valence-corrected chi connectivity index (χ2v) is 7.15. The fourth-order valence-corrected chi connectivity index (χ4v) is 4.28. The van der Waals surface area contributed by atoms with E-state index in [1.807, 2.05) is 11.4 Å². The molecule has 0 saturated carbocycles. The number of anilines is 1. The van der Waals surface area contributed by atoms with Crippen LogP contribution < -0.4 is 5.73 Å². The monoisotopic (exact) mass is 284 g/mol. The number of thiophene rings is 1. The van der Waals surface area contributed by atoms with Gasteiger partial charge in [0.15, 0.2) is 0 Å². The van der Waals surface area contributed by atoms with Crippen LogP contribution in [0.4, 0.5) is 5.82 Å². The number of sulfonamides is 1. The van der Waals surface area contributed by atoms with Crippen LogP contribution in [0.5, 0.6) is 0 Å². The number of nitrogen functional groups attached to an aromatic ring is 1. The van der Waals surface area contributed by atoms with Gasteiger partial charge in [0.25, 0.3) is 0 Å². The van der Waals surface area contributed by atoms with Crippen LogP contribution in [0.15, 0.2) is 11.4 Å². The number of nitrogens with zero attached hydrogens (tertiary/aromatic N) is 3. The Morgan fingerprint density at radius 2 is 2.28 bits per heavy atom. The van der Waals surface area contributed by atoms with Gasteiger partial charge in [-0.25, -0.2) is 18.4 Å². The highest BCUT2D eigenvalue weighted by Gasteiger charge is 2.29. The van der Waals surface area contributed by atoms with Gasteiger partial charge in [-0.15, -0.1) is 11.3 Å². The molecule has 1 saturated heterocycles. The average Bonchev–Trinajstić information content (AvgIpc) is 2.87. The van der Waals surface area contributed by atoms with Crippen molar-refractivity contribution in [3.05, 3.63) is 17.3 Å². The molecule has 1 aliphatic rings. The van der Waals surface area contributed by atoms with Gasteiger partial charge in [0.05, 0.1) is 17.7 Å². The zero-order valence-electron chi connectivity index (χ0n) is 9.54. The standard InChI is InChI=1S/C10H12N4O2S2/c11-9-7-2-4-17-10(7)13-8(12-9)6-14-3-1-5-18(14,15)16/h2,4H,1,3,5-6H2,(H2,11,12,13). The zero-order valence-corrected chi connectivity index (χ0v) is 11.2. The van der Waals surface area contributed by atoms with E-state index in [1.54, 1.807) is 0 Å². The molecule has 2 aromatic heterocycles. The molecule has 1 fully saturated rings. The Hall–Kier alpha value is -1.25. The van der Waals surface area contributed by atoms with Crippen LogP contribution in [-0.4, -0.2) is 35.0 Å². The SMILES string of the molecule is Nc1nc(CN2CCCS2(=O)=O)nc2sccc12. The predicted octanol–water partition coefficient (Wildman–Crippen LogP) is 0.809. The summed E-state index contributed by atoms with van der Waals surface area (Å²) in [7, 11) is -3.12. The largest absolute Gasteiger partial charge is 0.383 e. The van der Waals surface area contributed by atoms with Crippen LogP contribution in [0, 0.1) is 0 Å². The van der Waals surface area contributed by atoms with E-state index >= 15 is 0 Å². The normalized spacial score (nSPS) is 19.6. The van der Waals surface area contributed by atoms with Gasteiger partial charge in [-0.3, -0.25) is 0 Å². The van der Waals surface area contributed by atoms with E-state index in [1.165, 1.54) is 15.6 Å². The molecule has 0 radical (unpaired) electrons. The first-order valence-electron chi connectivity index (χ1n) is 5.54. The Bertz CT molecular complexity index is 695. The molecule has 1 aliphatic heterocycles. The lowest BCUT2D eigenvalue weighted by atomic mass is 10.4. The predicted molar refractivity (Wildman–Crippen MR) is 70.6 cm³/mol. The minimum Gasteiger partial charge on any atom is -0.383 e. The van der Waals surface area contributed by atoms with Crippen molar-refractivity contribution in [2.45, 2.75) is 13.0 Å². The molecule has 18 heavy (non-hydrogen) atoms. The third kappa shape index (κ3) is 1.96. The third-order valence-electron chi connectivity index (χ3n) is 2.92. The molecule has 2 aromatic rings. The molecule has 3 heterocycles. The smallest absolute Gasteiger partial charge is 0.214 e. The number of nitrogens with two attached hydrogens (primary N) is 1. The van der Waals surface area contributed by atoms with Gasteiger partial charge in [0.1, 0.15) is 16.5 Å². The Kier molecular flexibility index (Phi) is 2.72. The molecular weight excluding hydrogens is 272 g/mol. The Balaban J connectivity index is 1.95. The van der Waals surface area contributed by atoms with E-state index in [2.05, 4.69) is 9.97 Å². The van der Waals surface area contributed by atoms with Crippen molar-refractivity contribution in [1.29, 1.82) is 0 Å². The first-order valence-corrected chi connectivity index (χ1v) is 8.02. The van der Waals surface area contributed by atoms with Crippen molar-refractivity contribution in [1.82, 2.24) is 14.3 Å². The molecule has 2 N–H and O–H groups in total.